The molecule has 0 aliphatic carbocycles. The number of esters is 1. The van der Waals surface area contributed by atoms with Crippen LogP contribution >= 0.6 is 0 Å². The maximum atomic E-state index is 13.2. The van der Waals surface area contributed by atoms with Crippen LogP contribution in [0.4, 0.5) is 5.69 Å². The first-order valence-electron chi connectivity index (χ1n) is 9.63. The number of rotatable bonds is 6. The van der Waals surface area contributed by atoms with E-state index >= 15 is 0 Å². The molecule has 0 saturated carbocycles. The van der Waals surface area contributed by atoms with Gasteiger partial charge in [-0.1, -0.05) is 48.5 Å². The lowest BCUT2D eigenvalue weighted by Crippen LogP contribution is -2.32. The van der Waals surface area contributed by atoms with Gasteiger partial charge in [0.15, 0.2) is 0 Å². The molecule has 0 fully saturated rings. The fraction of sp³-hybridized carbons (Fsp3) is 0.217. The second kappa shape index (κ2) is 8.83. The number of nitrogens with one attached hydrogen (secondary N) is 1. The van der Waals surface area contributed by atoms with E-state index in [0.29, 0.717) is 11.4 Å². The molecule has 2 aromatic carbocycles. The van der Waals surface area contributed by atoms with Crippen LogP contribution in [0.15, 0.2) is 77.1 Å². The summed E-state index contributed by atoms with van der Waals surface area (Å²) >= 11 is 0. The Labute approximate surface area is 179 Å². The van der Waals surface area contributed by atoms with Crippen molar-refractivity contribution in [1.29, 1.82) is 0 Å². The largest absolute Gasteiger partial charge is 0.478 e. The number of nitro groups is 1. The lowest BCUT2D eigenvalue weighted by Gasteiger charge is -2.30. The van der Waals surface area contributed by atoms with Crippen LogP contribution in [0.5, 0.6) is 0 Å². The summed E-state index contributed by atoms with van der Waals surface area (Å²) in [5.41, 5.74) is 1.20. The van der Waals surface area contributed by atoms with Gasteiger partial charge in [-0.2, -0.15) is 0 Å². The van der Waals surface area contributed by atoms with Gasteiger partial charge >= 0.3 is 11.9 Å². The maximum Gasteiger partial charge on any atom is 0.337 e. The molecule has 160 valence electrons. The molecule has 2 N–H and O–H groups in total. The predicted octanol–water partition coefficient (Wildman–Crippen LogP) is 4.22. The molecule has 0 bridgehead atoms. The van der Waals surface area contributed by atoms with E-state index in [2.05, 4.69) is 5.32 Å². The van der Waals surface area contributed by atoms with E-state index in [1.807, 2.05) is 30.3 Å². The van der Waals surface area contributed by atoms with Gasteiger partial charge in [-0.15, -0.1) is 0 Å². The number of benzene rings is 2. The highest BCUT2D eigenvalue weighted by Gasteiger charge is 2.40. The maximum absolute atomic E-state index is 13.2. The number of carboxylic acid groups (broad SMARTS) is 1. The molecule has 0 aromatic heterocycles. The summed E-state index contributed by atoms with van der Waals surface area (Å²) in [6, 6.07) is 14.9. The van der Waals surface area contributed by atoms with Gasteiger partial charge in [0.1, 0.15) is 6.10 Å². The molecule has 8 nitrogen and oxygen atoms in total. The van der Waals surface area contributed by atoms with Crippen molar-refractivity contribution >= 4 is 17.6 Å². The molecule has 0 spiro atoms. The van der Waals surface area contributed by atoms with E-state index in [4.69, 9.17) is 4.74 Å². The van der Waals surface area contributed by atoms with Crippen molar-refractivity contribution in [3.63, 3.8) is 0 Å². The molecule has 2 atom stereocenters. The first kappa shape index (κ1) is 21.8. The molecule has 0 radical (unpaired) electrons. The van der Waals surface area contributed by atoms with E-state index in [1.165, 1.54) is 18.2 Å². The Morgan fingerprint density at radius 1 is 1.03 bits per heavy atom. The third-order valence-corrected chi connectivity index (χ3v) is 5.21. The fourth-order valence-electron chi connectivity index (χ4n) is 3.77. The standard InChI is InChI=1S/C23H22N2O6/c1-13-19(22(26)27)21(17-11-7-8-12-18(17)25(29)30)20(14(2)24-13)23(28)31-15(3)16-9-5-4-6-10-16/h4-12,15,21,24H,1-3H3,(H,26,27). The van der Waals surface area contributed by atoms with E-state index in [1.54, 1.807) is 26.8 Å². The number of hydrogen-bond acceptors (Lipinski definition) is 6. The van der Waals surface area contributed by atoms with Gasteiger partial charge < -0.3 is 15.2 Å². The summed E-state index contributed by atoms with van der Waals surface area (Å²) in [6.45, 7) is 4.88. The summed E-state index contributed by atoms with van der Waals surface area (Å²) in [5, 5.41) is 24.4. The monoisotopic (exact) mass is 422 g/mol. The predicted molar refractivity (Wildman–Crippen MR) is 113 cm³/mol. The van der Waals surface area contributed by atoms with Crippen LogP contribution in [0.25, 0.3) is 0 Å². The normalized spacial score (nSPS) is 17.1. The average Bonchev–Trinajstić information content (AvgIpc) is 2.73. The van der Waals surface area contributed by atoms with Gasteiger partial charge in [0.05, 0.1) is 22.0 Å². The minimum Gasteiger partial charge on any atom is -0.478 e. The number of allylic oxidation sites excluding steroid dienone is 2. The molecule has 0 saturated heterocycles. The molecule has 2 unspecified atom stereocenters. The van der Waals surface area contributed by atoms with Crippen molar-refractivity contribution in [3.8, 4) is 0 Å². The van der Waals surface area contributed by atoms with Crippen molar-refractivity contribution < 1.29 is 24.4 Å². The molecule has 1 aliphatic rings. The van der Waals surface area contributed by atoms with Crippen molar-refractivity contribution in [2.75, 3.05) is 0 Å². The molecule has 8 heteroatoms. The quantitative estimate of drug-likeness (QED) is 0.406. The first-order valence-corrected chi connectivity index (χ1v) is 9.63. The second-order valence-electron chi connectivity index (χ2n) is 7.21. The van der Waals surface area contributed by atoms with Gasteiger partial charge in [0, 0.05) is 23.0 Å². The molecule has 3 rings (SSSR count). The number of carbonyl (C=O) groups excluding carboxylic acids is 1. The number of nitrogens with zero attached hydrogens (tertiary/aromatic N) is 1. The van der Waals surface area contributed by atoms with Crippen molar-refractivity contribution in [2.45, 2.75) is 32.8 Å². The van der Waals surface area contributed by atoms with Crippen LogP contribution in [0.2, 0.25) is 0 Å². The van der Waals surface area contributed by atoms with Gasteiger partial charge in [0.25, 0.3) is 5.69 Å². The summed E-state index contributed by atoms with van der Waals surface area (Å²) in [4.78, 5) is 36.4. The highest BCUT2D eigenvalue weighted by Crippen LogP contribution is 2.42. The van der Waals surface area contributed by atoms with Gasteiger partial charge in [-0.05, 0) is 26.3 Å². The third kappa shape index (κ3) is 4.32. The van der Waals surface area contributed by atoms with Gasteiger partial charge in [-0.3, -0.25) is 10.1 Å². The van der Waals surface area contributed by atoms with Gasteiger partial charge in [-0.25, -0.2) is 9.59 Å². The summed E-state index contributed by atoms with van der Waals surface area (Å²) in [7, 11) is 0. The minimum atomic E-state index is -1.28. The zero-order valence-electron chi connectivity index (χ0n) is 17.3. The van der Waals surface area contributed by atoms with Crippen LogP contribution in [0.3, 0.4) is 0 Å². The zero-order chi connectivity index (χ0) is 22.7. The topological polar surface area (TPSA) is 119 Å². The number of para-hydroxylation sites is 1. The van der Waals surface area contributed by atoms with Crippen LogP contribution in [-0.4, -0.2) is 22.0 Å². The SMILES string of the molecule is CC1=C(C(=O)O)C(c2ccccc2[N+](=O)[O-])C(C(=O)OC(C)c2ccccc2)=C(C)N1. The molecule has 1 heterocycles. The Morgan fingerprint density at radius 3 is 2.23 bits per heavy atom. The van der Waals surface area contributed by atoms with Crippen molar-refractivity contribution in [1.82, 2.24) is 5.32 Å². The lowest BCUT2D eigenvalue weighted by atomic mass is 9.79. The van der Waals surface area contributed by atoms with E-state index in [0.717, 1.165) is 5.56 Å². The van der Waals surface area contributed by atoms with Crippen LogP contribution < -0.4 is 5.32 Å². The highest BCUT2D eigenvalue weighted by molar-refractivity contribution is 5.99. The van der Waals surface area contributed by atoms with Crippen LogP contribution in [-0.2, 0) is 14.3 Å². The zero-order valence-corrected chi connectivity index (χ0v) is 17.3. The van der Waals surface area contributed by atoms with Crippen molar-refractivity contribution in [3.05, 3.63) is 98.4 Å². The minimum absolute atomic E-state index is 0.0279. The molecule has 2 aromatic rings. The lowest BCUT2D eigenvalue weighted by molar-refractivity contribution is -0.385. The Hall–Kier alpha value is -3.94. The van der Waals surface area contributed by atoms with E-state index in [9.17, 15) is 24.8 Å². The smallest absolute Gasteiger partial charge is 0.337 e. The number of nitro benzene ring substituents is 1. The molecule has 1 aliphatic heterocycles. The number of hydrogen-bond donors (Lipinski definition) is 2. The summed E-state index contributed by atoms with van der Waals surface area (Å²) in [6.07, 6.45) is -0.597. The molecular formula is C23H22N2O6. The first-order chi connectivity index (χ1) is 14.7. The van der Waals surface area contributed by atoms with Crippen molar-refractivity contribution in [2.24, 2.45) is 0 Å². The number of carbonyl (C=O) groups is 2. The Kier molecular flexibility index (Phi) is 6.20. The van der Waals surface area contributed by atoms with E-state index in [-0.39, 0.29) is 22.4 Å². The van der Waals surface area contributed by atoms with Crippen LogP contribution in [0.1, 0.15) is 43.9 Å². The van der Waals surface area contributed by atoms with Crippen LogP contribution in [0, 0.1) is 10.1 Å². The molecule has 0 amide bonds. The third-order valence-electron chi connectivity index (χ3n) is 5.21. The number of aliphatic carboxylic acids is 1. The summed E-state index contributed by atoms with van der Waals surface area (Å²) in [5.74, 6) is -3.17. The Balaban J connectivity index is 2.11. The Morgan fingerprint density at radius 2 is 1.61 bits per heavy atom. The summed E-state index contributed by atoms with van der Waals surface area (Å²) < 4.78 is 5.64. The molecular weight excluding hydrogens is 400 g/mol. The Bertz CT molecular complexity index is 1100. The number of carboxylic acids is 1. The van der Waals surface area contributed by atoms with Gasteiger partial charge in [0.2, 0.25) is 0 Å². The highest BCUT2D eigenvalue weighted by atomic mass is 16.6. The molecule has 31 heavy (non-hydrogen) atoms. The fourth-order valence-corrected chi connectivity index (χ4v) is 3.77. The number of dihydropyridines is 1. The van der Waals surface area contributed by atoms with E-state index < -0.39 is 28.9 Å². The second-order valence-corrected chi connectivity index (χ2v) is 7.21. The number of ether oxygens (including phenoxy) is 1. The average molecular weight is 422 g/mol.